The van der Waals surface area contributed by atoms with Crippen LogP contribution < -0.4 is 0 Å². The molecular weight excluding hydrogens is 457 g/mol. The van der Waals surface area contributed by atoms with Crippen LogP contribution in [-0.2, 0) is 0 Å². The molecule has 0 rings (SSSR count). The van der Waals surface area contributed by atoms with Gasteiger partial charge in [0.25, 0.3) is 0 Å². The maximum Gasteiger partial charge on any atom is 0.00451 e. The van der Waals surface area contributed by atoms with E-state index in [1.807, 2.05) is 0 Å². The Kier molecular flexibility index (Phi) is 34.1. The second kappa shape index (κ2) is 33.0. The monoisotopic (exact) mass is 518 g/mol. The Hall–Kier alpha value is 1.05. The molecule has 0 aromatic carbocycles. The molecule has 200 valence electrons. The van der Waals surface area contributed by atoms with E-state index in [4.69, 9.17) is 0 Å². The van der Waals surface area contributed by atoms with Crippen LogP contribution in [-0.4, -0.2) is 11.5 Å². The van der Waals surface area contributed by atoms with Gasteiger partial charge in [-0.05, 0) is 22.7 Å². The fourth-order valence-corrected chi connectivity index (χ4v) is 8.46. The minimum Gasteiger partial charge on any atom is -0.0826 e. The summed E-state index contributed by atoms with van der Waals surface area (Å²) in [6.45, 7) is 4.61. The van der Waals surface area contributed by atoms with Gasteiger partial charge in [-0.15, -0.1) is 0 Å². The van der Waals surface area contributed by atoms with Crippen LogP contribution in [0.5, 0.6) is 0 Å². The van der Waals surface area contributed by atoms with Crippen molar-refractivity contribution in [2.24, 2.45) is 0 Å². The van der Waals surface area contributed by atoms with Crippen LogP contribution >= 0.6 is 31.4 Å². The van der Waals surface area contributed by atoms with Gasteiger partial charge in [-0.3, -0.25) is 0 Å². The van der Waals surface area contributed by atoms with Gasteiger partial charge < -0.3 is 0 Å². The van der Waals surface area contributed by atoms with E-state index in [9.17, 15) is 0 Å². The molecule has 0 unspecified atom stereocenters. The molecule has 0 N–H and O–H groups in total. The van der Waals surface area contributed by atoms with Gasteiger partial charge in [0.15, 0.2) is 0 Å². The molecule has 0 amide bonds. The molecule has 0 bridgehead atoms. The van der Waals surface area contributed by atoms with E-state index in [-0.39, 0.29) is 0 Å². The maximum absolute atomic E-state index is 2.30. The third-order valence-electron chi connectivity index (χ3n) is 6.76. The standard InChI is InChI=1S/C30H62S3/c1-3-5-7-9-11-13-15-17-19-21-23-25-27-29-31-33-32-30-28-26-24-22-20-18-16-14-12-10-8-6-4-2/h3-30H2,1-2H3. The van der Waals surface area contributed by atoms with Gasteiger partial charge in [-0.2, -0.15) is 0 Å². The molecule has 0 saturated heterocycles. The Bertz CT molecular complexity index is 292. The van der Waals surface area contributed by atoms with Crippen molar-refractivity contribution in [3.63, 3.8) is 0 Å². The van der Waals surface area contributed by atoms with Gasteiger partial charge in [0.2, 0.25) is 0 Å². The summed E-state index contributed by atoms with van der Waals surface area (Å²) < 4.78 is 0. The number of unbranched alkanes of at least 4 members (excludes halogenated alkanes) is 24. The largest absolute Gasteiger partial charge is 0.0826 e. The molecule has 3 heteroatoms. The van der Waals surface area contributed by atoms with Crippen molar-refractivity contribution in [2.75, 3.05) is 11.5 Å². The van der Waals surface area contributed by atoms with Crippen LogP contribution in [0.25, 0.3) is 0 Å². The lowest BCUT2D eigenvalue weighted by Crippen LogP contribution is -1.84. The van der Waals surface area contributed by atoms with Crippen molar-refractivity contribution in [3.05, 3.63) is 0 Å². The van der Waals surface area contributed by atoms with Crippen LogP contribution in [0.3, 0.4) is 0 Å². The van der Waals surface area contributed by atoms with Gasteiger partial charge in [0.05, 0.1) is 0 Å². The average Bonchev–Trinajstić information content (AvgIpc) is 2.83. The average molecular weight is 519 g/mol. The molecule has 0 aliphatic heterocycles. The number of hydrogen-bond donors (Lipinski definition) is 0. The second-order valence-corrected chi connectivity index (χ2v) is 14.7. The summed E-state index contributed by atoms with van der Waals surface area (Å²) in [7, 11) is 6.26. The zero-order valence-electron chi connectivity index (χ0n) is 23.0. The molecule has 0 aromatic rings. The van der Waals surface area contributed by atoms with Crippen LogP contribution in [0.15, 0.2) is 0 Å². The van der Waals surface area contributed by atoms with E-state index in [0.29, 0.717) is 0 Å². The number of rotatable bonds is 30. The van der Waals surface area contributed by atoms with Crippen molar-refractivity contribution in [1.29, 1.82) is 0 Å². The second-order valence-electron chi connectivity index (χ2n) is 10.2. The molecular formula is C30H62S3. The first kappa shape index (κ1) is 34.0. The van der Waals surface area contributed by atoms with Crippen LogP contribution in [0.4, 0.5) is 0 Å². The Morgan fingerprint density at radius 3 is 0.727 bits per heavy atom. The Morgan fingerprint density at radius 1 is 0.273 bits per heavy atom. The van der Waals surface area contributed by atoms with E-state index in [2.05, 4.69) is 45.3 Å². The lowest BCUT2D eigenvalue weighted by Gasteiger charge is -2.04. The summed E-state index contributed by atoms with van der Waals surface area (Å²) in [4.78, 5) is 0. The summed E-state index contributed by atoms with van der Waals surface area (Å²) in [6, 6.07) is 0. The topological polar surface area (TPSA) is 0 Å². The van der Waals surface area contributed by atoms with E-state index >= 15 is 0 Å². The van der Waals surface area contributed by atoms with Gasteiger partial charge >= 0.3 is 0 Å². The molecule has 0 radical (unpaired) electrons. The predicted octanol–water partition coefficient (Wildman–Crippen LogP) is 13.2. The molecule has 0 atom stereocenters. The molecule has 0 aliphatic carbocycles. The van der Waals surface area contributed by atoms with Crippen molar-refractivity contribution in [1.82, 2.24) is 0 Å². The molecule has 0 heterocycles. The van der Waals surface area contributed by atoms with E-state index in [1.54, 1.807) is 0 Å². The fraction of sp³-hybridized carbons (Fsp3) is 1.00. The van der Waals surface area contributed by atoms with Crippen LogP contribution in [0, 0.1) is 0 Å². The summed E-state index contributed by atoms with van der Waals surface area (Å²) in [5.41, 5.74) is 0. The lowest BCUT2D eigenvalue weighted by atomic mass is 10.1. The zero-order valence-corrected chi connectivity index (χ0v) is 25.5. The minimum atomic E-state index is 1.36. The first-order chi connectivity index (χ1) is 16.4. The highest BCUT2D eigenvalue weighted by atomic mass is 33.5. The van der Waals surface area contributed by atoms with Crippen molar-refractivity contribution in [3.8, 4) is 0 Å². The van der Waals surface area contributed by atoms with E-state index in [0.717, 1.165) is 0 Å². The Balaban J connectivity index is 2.99. The van der Waals surface area contributed by atoms with Gasteiger partial charge in [-0.1, -0.05) is 190 Å². The van der Waals surface area contributed by atoms with Crippen LogP contribution in [0.2, 0.25) is 0 Å². The molecule has 0 aromatic heterocycles. The van der Waals surface area contributed by atoms with Gasteiger partial charge in [0.1, 0.15) is 0 Å². The summed E-state index contributed by atoms with van der Waals surface area (Å²) in [5, 5.41) is 0. The zero-order chi connectivity index (χ0) is 23.9. The highest BCUT2D eigenvalue weighted by Crippen LogP contribution is 2.35. The third-order valence-corrected chi connectivity index (χ3v) is 11.2. The fourth-order valence-electron chi connectivity index (χ4n) is 4.46. The van der Waals surface area contributed by atoms with Crippen molar-refractivity contribution < 1.29 is 0 Å². The molecule has 0 aliphatic rings. The molecule has 0 saturated carbocycles. The third kappa shape index (κ3) is 33.0. The molecule has 0 nitrogen and oxygen atoms in total. The predicted molar refractivity (Wildman–Crippen MR) is 164 cm³/mol. The van der Waals surface area contributed by atoms with Crippen molar-refractivity contribution >= 4 is 31.4 Å². The quantitative estimate of drug-likeness (QED) is 0.0685. The Morgan fingerprint density at radius 2 is 0.485 bits per heavy atom. The minimum absolute atomic E-state index is 1.36. The molecule has 0 fully saturated rings. The molecule has 33 heavy (non-hydrogen) atoms. The summed E-state index contributed by atoms with van der Waals surface area (Å²) in [6.07, 6.45) is 37.9. The highest BCUT2D eigenvalue weighted by Gasteiger charge is 1.97. The van der Waals surface area contributed by atoms with E-state index < -0.39 is 0 Å². The summed E-state index contributed by atoms with van der Waals surface area (Å²) >= 11 is 0. The van der Waals surface area contributed by atoms with Gasteiger partial charge in [-0.25, -0.2) is 0 Å². The summed E-state index contributed by atoms with van der Waals surface area (Å²) in [5.74, 6) is 2.71. The van der Waals surface area contributed by atoms with E-state index in [1.165, 1.54) is 178 Å². The lowest BCUT2D eigenvalue weighted by molar-refractivity contribution is 0.543. The normalized spacial score (nSPS) is 11.5. The molecule has 0 spiro atoms. The van der Waals surface area contributed by atoms with Crippen LogP contribution in [0.1, 0.15) is 181 Å². The number of hydrogen-bond acceptors (Lipinski definition) is 3. The smallest absolute Gasteiger partial charge is 0.00451 e. The first-order valence-corrected chi connectivity index (χ1v) is 19.1. The maximum atomic E-state index is 2.30. The van der Waals surface area contributed by atoms with Crippen molar-refractivity contribution in [2.45, 2.75) is 181 Å². The SMILES string of the molecule is CCCCCCCCCCCCCCCSSSCCCCCCCCCCCCCCC. The first-order valence-electron chi connectivity index (χ1n) is 15.3. The van der Waals surface area contributed by atoms with Gasteiger partial charge in [0, 0.05) is 11.5 Å². The highest BCUT2D eigenvalue weighted by molar-refractivity contribution is 9.09. The Labute approximate surface area is 222 Å².